The number of β-amino-alcohol motifs (C(OH)–C–C–N with tert-alkyl or cyclic N) is 1. The van der Waals surface area contributed by atoms with Crippen LogP contribution in [-0.4, -0.2) is 29.3 Å². The van der Waals surface area contributed by atoms with E-state index in [1.807, 2.05) is 0 Å². The number of carbonyl (C=O) groups excluding carboxylic acids is 1. The van der Waals surface area contributed by atoms with Gasteiger partial charge < -0.3 is 14.9 Å². The minimum absolute atomic E-state index is 0.0762. The summed E-state index contributed by atoms with van der Waals surface area (Å²) in [6.07, 6.45) is -0.720. The first-order valence-corrected chi connectivity index (χ1v) is 5.54. The smallest absolute Gasteiger partial charge is 0.327 e. The van der Waals surface area contributed by atoms with E-state index in [0.29, 0.717) is 17.7 Å². The molecular weight excluding hydrogens is 222 g/mol. The maximum atomic E-state index is 11.7. The summed E-state index contributed by atoms with van der Waals surface area (Å²) in [5, 5.41) is 22.1. The number of phenolic OH excluding ortho intramolecular Hbond substituents is 1. The van der Waals surface area contributed by atoms with Crippen molar-refractivity contribution in [2.45, 2.75) is 19.1 Å². The highest BCUT2D eigenvalue weighted by Gasteiger charge is 2.31. The number of fused-ring (bicyclic) bond motifs is 1. The number of esters is 1. The second kappa shape index (κ2) is 4.73. The predicted molar refractivity (Wildman–Crippen MR) is 60.4 cm³/mol. The van der Waals surface area contributed by atoms with Crippen molar-refractivity contribution in [1.82, 2.24) is 5.32 Å². The molecule has 2 atom stereocenters. The topological polar surface area (TPSA) is 78.8 Å². The van der Waals surface area contributed by atoms with E-state index >= 15 is 0 Å². The zero-order valence-electron chi connectivity index (χ0n) is 9.51. The molecule has 0 unspecified atom stereocenters. The van der Waals surface area contributed by atoms with Crippen molar-refractivity contribution in [2.75, 3.05) is 13.2 Å². The standard InChI is InChI=1S/C12H15NO4/c1-2-17-12(16)11-8-4-3-7(14)5-9(8)10(15)6-13-11/h3-5,10-11,13-15H,2,6H2,1H3/t10-,11-/m1/s1. The number of phenols is 1. The molecular formula is C12H15NO4. The molecule has 0 bridgehead atoms. The molecule has 17 heavy (non-hydrogen) atoms. The van der Waals surface area contributed by atoms with Crippen LogP contribution in [0.5, 0.6) is 5.75 Å². The van der Waals surface area contributed by atoms with E-state index in [2.05, 4.69) is 5.32 Å². The van der Waals surface area contributed by atoms with E-state index in [-0.39, 0.29) is 18.3 Å². The Morgan fingerprint density at radius 3 is 3.00 bits per heavy atom. The van der Waals surface area contributed by atoms with Crippen LogP contribution in [0.15, 0.2) is 18.2 Å². The Bertz CT molecular complexity index is 433. The number of benzene rings is 1. The van der Waals surface area contributed by atoms with E-state index < -0.39 is 12.1 Å². The van der Waals surface area contributed by atoms with Gasteiger partial charge in [-0.25, -0.2) is 4.79 Å². The van der Waals surface area contributed by atoms with Crippen molar-refractivity contribution >= 4 is 5.97 Å². The van der Waals surface area contributed by atoms with Crippen LogP contribution in [0.2, 0.25) is 0 Å². The number of aliphatic hydroxyl groups excluding tert-OH is 1. The second-order valence-electron chi connectivity index (χ2n) is 3.92. The Labute approximate surface area is 99.0 Å². The lowest BCUT2D eigenvalue weighted by molar-refractivity contribution is -0.146. The molecule has 92 valence electrons. The van der Waals surface area contributed by atoms with Crippen molar-refractivity contribution < 1.29 is 19.7 Å². The molecule has 1 aliphatic rings. The van der Waals surface area contributed by atoms with Crippen LogP contribution in [0, 0.1) is 0 Å². The van der Waals surface area contributed by atoms with E-state index in [1.165, 1.54) is 12.1 Å². The molecule has 5 heteroatoms. The number of nitrogens with one attached hydrogen (secondary N) is 1. The quantitative estimate of drug-likeness (QED) is 0.658. The lowest BCUT2D eigenvalue weighted by Crippen LogP contribution is -2.38. The van der Waals surface area contributed by atoms with Crippen LogP contribution in [-0.2, 0) is 9.53 Å². The number of aliphatic hydroxyl groups is 1. The summed E-state index contributed by atoms with van der Waals surface area (Å²) in [5.74, 6) is -0.293. The van der Waals surface area contributed by atoms with E-state index in [1.54, 1.807) is 13.0 Å². The summed E-state index contributed by atoms with van der Waals surface area (Å²) < 4.78 is 4.96. The van der Waals surface area contributed by atoms with Gasteiger partial charge in [-0.3, -0.25) is 5.32 Å². The molecule has 2 rings (SSSR count). The second-order valence-corrected chi connectivity index (χ2v) is 3.92. The molecule has 1 aromatic carbocycles. The lowest BCUT2D eigenvalue weighted by Gasteiger charge is -2.28. The molecule has 0 radical (unpaired) electrons. The first-order chi connectivity index (χ1) is 8.13. The van der Waals surface area contributed by atoms with E-state index in [4.69, 9.17) is 4.74 Å². The highest BCUT2D eigenvalue weighted by atomic mass is 16.5. The average Bonchev–Trinajstić information content (AvgIpc) is 2.30. The number of carbonyl (C=O) groups is 1. The van der Waals surface area contributed by atoms with Gasteiger partial charge in [0.05, 0.1) is 12.7 Å². The van der Waals surface area contributed by atoms with Gasteiger partial charge in [0.2, 0.25) is 0 Å². The Kier molecular flexibility index (Phi) is 3.31. The van der Waals surface area contributed by atoms with Crippen LogP contribution in [0.3, 0.4) is 0 Å². The maximum absolute atomic E-state index is 11.7. The third kappa shape index (κ3) is 2.25. The molecule has 0 spiro atoms. The van der Waals surface area contributed by atoms with Crippen molar-refractivity contribution in [1.29, 1.82) is 0 Å². The lowest BCUT2D eigenvalue weighted by atomic mass is 9.92. The molecule has 1 aliphatic heterocycles. The van der Waals surface area contributed by atoms with Gasteiger partial charge in [-0.05, 0) is 30.2 Å². The van der Waals surface area contributed by atoms with Gasteiger partial charge in [0.1, 0.15) is 11.8 Å². The van der Waals surface area contributed by atoms with Gasteiger partial charge in [0, 0.05) is 6.54 Å². The summed E-state index contributed by atoms with van der Waals surface area (Å²) in [7, 11) is 0. The van der Waals surface area contributed by atoms with Crippen molar-refractivity contribution in [2.24, 2.45) is 0 Å². The summed E-state index contributed by atoms with van der Waals surface area (Å²) in [5.41, 5.74) is 1.22. The zero-order chi connectivity index (χ0) is 12.4. The Hall–Kier alpha value is -1.59. The molecule has 0 aromatic heterocycles. The Balaban J connectivity index is 2.35. The van der Waals surface area contributed by atoms with Crippen LogP contribution in [0.25, 0.3) is 0 Å². The highest BCUT2D eigenvalue weighted by Crippen LogP contribution is 2.31. The fourth-order valence-electron chi connectivity index (χ4n) is 2.00. The first-order valence-electron chi connectivity index (χ1n) is 5.54. The minimum atomic E-state index is -0.720. The largest absolute Gasteiger partial charge is 0.508 e. The highest BCUT2D eigenvalue weighted by molar-refractivity contribution is 5.78. The van der Waals surface area contributed by atoms with Gasteiger partial charge in [0.15, 0.2) is 0 Å². The predicted octanol–water partition coefficient (Wildman–Crippen LogP) is 0.633. The van der Waals surface area contributed by atoms with E-state index in [0.717, 1.165) is 0 Å². The molecule has 0 fully saturated rings. The van der Waals surface area contributed by atoms with Crippen molar-refractivity contribution in [3.05, 3.63) is 29.3 Å². The monoisotopic (exact) mass is 237 g/mol. The summed E-state index contributed by atoms with van der Waals surface area (Å²) >= 11 is 0. The summed E-state index contributed by atoms with van der Waals surface area (Å²) in [6.45, 7) is 2.32. The van der Waals surface area contributed by atoms with E-state index in [9.17, 15) is 15.0 Å². The van der Waals surface area contributed by atoms with Gasteiger partial charge in [-0.2, -0.15) is 0 Å². The van der Waals surface area contributed by atoms with Crippen LogP contribution in [0.4, 0.5) is 0 Å². The maximum Gasteiger partial charge on any atom is 0.327 e. The molecule has 3 N–H and O–H groups in total. The van der Waals surface area contributed by atoms with Gasteiger partial charge in [-0.15, -0.1) is 0 Å². The third-order valence-electron chi connectivity index (χ3n) is 2.78. The SMILES string of the molecule is CCOC(=O)[C@@H]1NC[C@@H](O)c2cc(O)ccc21. The summed E-state index contributed by atoms with van der Waals surface area (Å²) in [4.78, 5) is 11.7. The number of hydrogen-bond acceptors (Lipinski definition) is 5. The van der Waals surface area contributed by atoms with Crippen LogP contribution < -0.4 is 5.32 Å². The molecule has 1 heterocycles. The molecule has 0 saturated carbocycles. The molecule has 5 nitrogen and oxygen atoms in total. The molecule has 0 amide bonds. The fraction of sp³-hybridized carbons (Fsp3) is 0.417. The molecule has 0 aliphatic carbocycles. The Morgan fingerprint density at radius 2 is 2.29 bits per heavy atom. The Morgan fingerprint density at radius 1 is 1.53 bits per heavy atom. The first kappa shape index (κ1) is 11.9. The van der Waals surface area contributed by atoms with Crippen LogP contribution >= 0.6 is 0 Å². The number of hydrogen-bond donors (Lipinski definition) is 3. The molecule has 1 aromatic rings. The number of ether oxygens (including phenoxy) is 1. The number of rotatable bonds is 2. The minimum Gasteiger partial charge on any atom is -0.508 e. The van der Waals surface area contributed by atoms with Crippen LogP contribution in [0.1, 0.15) is 30.2 Å². The zero-order valence-corrected chi connectivity index (χ0v) is 9.51. The van der Waals surface area contributed by atoms with Gasteiger partial charge in [0.25, 0.3) is 0 Å². The molecule has 0 saturated heterocycles. The van der Waals surface area contributed by atoms with Crippen molar-refractivity contribution in [3.8, 4) is 5.75 Å². The average molecular weight is 237 g/mol. The van der Waals surface area contributed by atoms with Gasteiger partial charge >= 0.3 is 5.97 Å². The summed E-state index contributed by atoms with van der Waals surface area (Å²) in [6, 6.07) is 4.02. The fourth-order valence-corrected chi connectivity index (χ4v) is 2.00. The van der Waals surface area contributed by atoms with Crippen molar-refractivity contribution in [3.63, 3.8) is 0 Å². The van der Waals surface area contributed by atoms with Gasteiger partial charge in [-0.1, -0.05) is 6.07 Å². The normalized spacial score (nSPS) is 22.9. The number of aromatic hydroxyl groups is 1. The third-order valence-corrected chi connectivity index (χ3v) is 2.78.